The van der Waals surface area contributed by atoms with Crippen molar-refractivity contribution in [3.05, 3.63) is 64.9 Å². The van der Waals surface area contributed by atoms with Gasteiger partial charge in [-0.1, -0.05) is 23.7 Å². The summed E-state index contributed by atoms with van der Waals surface area (Å²) >= 11 is 6.26. The summed E-state index contributed by atoms with van der Waals surface area (Å²) in [4.78, 5) is 21.1. The van der Waals surface area contributed by atoms with Crippen molar-refractivity contribution in [2.75, 3.05) is 62.3 Å². The average Bonchev–Trinajstić information content (AvgIpc) is 2.89. The van der Waals surface area contributed by atoms with Gasteiger partial charge >= 0.3 is 0 Å². The molecule has 0 spiro atoms. The van der Waals surface area contributed by atoms with Gasteiger partial charge in [0, 0.05) is 68.7 Å². The average molecular weight is 476 g/mol. The first kappa shape index (κ1) is 22.5. The number of benzene rings is 1. The van der Waals surface area contributed by atoms with Gasteiger partial charge in [0.15, 0.2) is 5.82 Å². The van der Waals surface area contributed by atoms with Crippen LogP contribution in [0.15, 0.2) is 48.7 Å². The molecular weight excluding hydrogens is 450 g/mol. The lowest BCUT2D eigenvalue weighted by Crippen LogP contribution is -2.47. The molecule has 2 fully saturated rings. The number of pyridine rings is 1. The highest BCUT2D eigenvalue weighted by molar-refractivity contribution is 6.30. The number of anilines is 2. The van der Waals surface area contributed by atoms with Crippen LogP contribution in [0.4, 0.5) is 11.6 Å². The molecule has 0 N–H and O–H groups in total. The molecule has 2 aromatic heterocycles. The lowest BCUT2D eigenvalue weighted by molar-refractivity contribution is 0.0336. The summed E-state index contributed by atoms with van der Waals surface area (Å²) in [6.07, 6.45) is 1.74. The van der Waals surface area contributed by atoms with Crippen LogP contribution in [0.25, 0.3) is 11.4 Å². The minimum atomic E-state index is 0.606. The van der Waals surface area contributed by atoms with E-state index in [1.165, 1.54) is 0 Å². The molecule has 2 saturated heterocycles. The number of morpholine rings is 1. The normalized spacial score (nSPS) is 16.9. The highest BCUT2D eigenvalue weighted by Crippen LogP contribution is 2.25. The van der Waals surface area contributed by atoms with Crippen LogP contribution in [-0.4, -0.2) is 72.3 Å². The summed E-state index contributed by atoms with van der Waals surface area (Å²) in [5.41, 5.74) is 2.50. The fourth-order valence-corrected chi connectivity index (χ4v) is 4.55. The molecule has 174 valence electrons. The van der Waals surface area contributed by atoms with Gasteiger partial charge in [-0.3, -0.25) is 4.90 Å². The Morgan fingerprint density at radius 1 is 0.941 bits per heavy atom. The molecular formula is C25H26ClN7O. The molecule has 3 aromatic rings. The first-order valence-electron chi connectivity index (χ1n) is 11.5. The predicted molar refractivity (Wildman–Crippen MR) is 132 cm³/mol. The molecule has 2 aliphatic heterocycles. The zero-order valence-corrected chi connectivity index (χ0v) is 19.7. The second kappa shape index (κ2) is 10.3. The standard InChI is InChI=1S/C25H26ClN7O/c26-21-5-1-3-19(15-21)24-29-22(18-31-11-13-34-14-12-31)16-23(30-24)32-7-9-33(10-8-32)25-20(17-27)4-2-6-28-25/h1-6,15-16H,7-14,18H2. The van der Waals surface area contributed by atoms with Gasteiger partial charge in [-0.15, -0.1) is 0 Å². The van der Waals surface area contributed by atoms with Crippen molar-refractivity contribution >= 4 is 23.2 Å². The Hall–Kier alpha value is -3.25. The van der Waals surface area contributed by atoms with Gasteiger partial charge in [-0.25, -0.2) is 15.0 Å². The van der Waals surface area contributed by atoms with Gasteiger partial charge in [0.05, 0.1) is 24.5 Å². The number of hydrogen-bond acceptors (Lipinski definition) is 8. The third kappa shape index (κ3) is 5.12. The fourth-order valence-electron chi connectivity index (χ4n) is 4.35. The molecule has 1 aromatic carbocycles. The van der Waals surface area contributed by atoms with Crippen LogP contribution in [0.5, 0.6) is 0 Å². The Bertz CT molecular complexity index is 1180. The van der Waals surface area contributed by atoms with E-state index < -0.39 is 0 Å². The number of aromatic nitrogens is 3. The number of halogens is 1. The summed E-state index contributed by atoms with van der Waals surface area (Å²) in [5.74, 6) is 2.34. The molecule has 0 unspecified atom stereocenters. The van der Waals surface area contributed by atoms with Crippen molar-refractivity contribution < 1.29 is 4.74 Å². The Balaban J connectivity index is 1.39. The molecule has 0 aliphatic carbocycles. The topological polar surface area (TPSA) is 81.4 Å². The van der Waals surface area contributed by atoms with E-state index in [1.807, 2.05) is 30.3 Å². The van der Waals surface area contributed by atoms with Crippen molar-refractivity contribution in [2.24, 2.45) is 0 Å². The maximum absolute atomic E-state index is 9.44. The molecule has 0 radical (unpaired) electrons. The number of ether oxygens (including phenoxy) is 1. The summed E-state index contributed by atoms with van der Waals surface area (Å²) in [6, 6.07) is 15.6. The number of rotatable bonds is 5. The van der Waals surface area contributed by atoms with E-state index in [1.54, 1.807) is 12.3 Å². The van der Waals surface area contributed by atoms with Gasteiger partial charge in [0.25, 0.3) is 0 Å². The van der Waals surface area contributed by atoms with Gasteiger partial charge in [0.2, 0.25) is 0 Å². The Labute approximate surface area is 204 Å². The summed E-state index contributed by atoms with van der Waals surface area (Å²) in [6.45, 7) is 7.15. The minimum absolute atomic E-state index is 0.606. The first-order valence-corrected chi connectivity index (χ1v) is 11.9. The van der Waals surface area contributed by atoms with Crippen LogP contribution in [0, 0.1) is 11.3 Å². The Kier molecular flexibility index (Phi) is 6.86. The third-order valence-electron chi connectivity index (χ3n) is 6.15. The Morgan fingerprint density at radius 3 is 2.50 bits per heavy atom. The first-order chi connectivity index (χ1) is 16.7. The van der Waals surface area contributed by atoms with E-state index in [2.05, 4.69) is 31.8 Å². The molecule has 4 heterocycles. The van der Waals surface area contributed by atoms with Crippen molar-refractivity contribution in [3.63, 3.8) is 0 Å². The molecule has 0 atom stereocenters. The maximum Gasteiger partial charge on any atom is 0.161 e. The number of piperazine rings is 1. The molecule has 0 bridgehead atoms. The molecule has 5 rings (SSSR count). The largest absolute Gasteiger partial charge is 0.379 e. The highest BCUT2D eigenvalue weighted by atomic mass is 35.5. The second-order valence-electron chi connectivity index (χ2n) is 8.40. The van der Waals surface area contributed by atoms with E-state index in [9.17, 15) is 5.26 Å². The molecule has 9 heteroatoms. The quantitative estimate of drug-likeness (QED) is 0.556. The zero-order chi connectivity index (χ0) is 23.3. The lowest BCUT2D eigenvalue weighted by Gasteiger charge is -2.36. The van der Waals surface area contributed by atoms with Crippen LogP contribution in [0.1, 0.15) is 11.3 Å². The van der Waals surface area contributed by atoms with Crippen LogP contribution >= 0.6 is 11.6 Å². The van der Waals surface area contributed by atoms with Crippen LogP contribution < -0.4 is 9.80 Å². The predicted octanol–water partition coefficient (Wildman–Crippen LogP) is 3.22. The van der Waals surface area contributed by atoms with Crippen LogP contribution in [0.2, 0.25) is 5.02 Å². The summed E-state index contributed by atoms with van der Waals surface area (Å²) < 4.78 is 5.50. The van der Waals surface area contributed by atoms with E-state index in [0.29, 0.717) is 16.4 Å². The number of hydrogen-bond donors (Lipinski definition) is 0. The van der Waals surface area contributed by atoms with Crippen molar-refractivity contribution in [1.29, 1.82) is 5.26 Å². The van der Waals surface area contributed by atoms with E-state index in [4.69, 9.17) is 26.3 Å². The van der Waals surface area contributed by atoms with Gasteiger partial charge in [-0.2, -0.15) is 5.26 Å². The smallest absolute Gasteiger partial charge is 0.161 e. The van der Waals surface area contributed by atoms with Crippen molar-refractivity contribution in [2.45, 2.75) is 6.54 Å². The Morgan fingerprint density at radius 2 is 1.74 bits per heavy atom. The van der Waals surface area contributed by atoms with E-state index in [-0.39, 0.29) is 0 Å². The molecule has 8 nitrogen and oxygen atoms in total. The van der Waals surface area contributed by atoms with Crippen molar-refractivity contribution in [3.8, 4) is 17.5 Å². The fraction of sp³-hybridized carbons (Fsp3) is 0.360. The maximum atomic E-state index is 9.44. The summed E-state index contributed by atoms with van der Waals surface area (Å²) in [7, 11) is 0. The molecule has 0 saturated carbocycles. The highest BCUT2D eigenvalue weighted by Gasteiger charge is 2.23. The number of nitrogens with zero attached hydrogens (tertiary/aromatic N) is 7. The third-order valence-corrected chi connectivity index (χ3v) is 6.38. The molecule has 34 heavy (non-hydrogen) atoms. The SMILES string of the molecule is N#Cc1cccnc1N1CCN(c2cc(CN3CCOCC3)nc(-c3cccc(Cl)c3)n2)CC1. The van der Waals surface area contributed by atoms with E-state index in [0.717, 1.165) is 81.9 Å². The van der Waals surface area contributed by atoms with Gasteiger partial charge in [-0.05, 0) is 24.3 Å². The van der Waals surface area contributed by atoms with Gasteiger partial charge in [0.1, 0.15) is 17.7 Å². The van der Waals surface area contributed by atoms with Crippen LogP contribution in [0.3, 0.4) is 0 Å². The monoisotopic (exact) mass is 475 g/mol. The van der Waals surface area contributed by atoms with E-state index >= 15 is 0 Å². The van der Waals surface area contributed by atoms with Gasteiger partial charge < -0.3 is 14.5 Å². The second-order valence-corrected chi connectivity index (χ2v) is 8.84. The molecule has 2 aliphatic rings. The van der Waals surface area contributed by atoms with Crippen molar-refractivity contribution in [1.82, 2.24) is 19.9 Å². The lowest BCUT2D eigenvalue weighted by atomic mass is 10.2. The summed E-state index contributed by atoms with van der Waals surface area (Å²) in [5, 5.41) is 10.1. The number of nitriles is 1. The van der Waals surface area contributed by atoms with Crippen LogP contribution in [-0.2, 0) is 11.3 Å². The molecule has 0 amide bonds. The minimum Gasteiger partial charge on any atom is -0.379 e. The zero-order valence-electron chi connectivity index (χ0n) is 18.9.